The van der Waals surface area contributed by atoms with Crippen LogP contribution < -0.4 is 0 Å². The van der Waals surface area contributed by atoms with Crippen LogP contribution in [0.2, 0.25) is 0 Å². The van der Waals surface area contributed by atoms with Gasteiger partial charge in [0.15, 0.2) is 0 Å². The van der Waals surface area contributed by atoms with E-state index < -0.39 is 17.4 Å². The van der Waals surface area contributed by atoms with Gasteiger partial charge in [-0.15, -0.1) is 0 Å². The van der Waals surface area contributed by atoms with Gasteiger partial charge in [0.1, 0.15) is 0 Å². The monoisotopic (exact) mass is 160 g/mol. The Hall–Kier alpha value is -1.13. The Balaban J connectivity index is 3.89. The highest BCUT2D eigenvalue weighted by molar-refractivity contribution is 5.77. The van der Waals surface area contributed by atoms with Crippen LogP contribution in [-0.2, 0) is 4.79 Å². The lowest BCUT2D eigenvalue weighted by molar-refractivity contribution is -0.468. The number of amides is 1. The molecule has 5 nitrogen and oxygen atoms in total. The number of hydrogen-bond acceptors (Lipinski definition) is 3. The van der Waals surface area contributed by atoms with Gasteiger partial charge in [0, 0.05) is 18.0 Å². The molecule has 1 amide bonds. The van der Waals surface area contributed by atoms with Gasteiger partial charge in [0.25, 0.3) is 12.5 Å². The predicted molar refractivity (Wildman–Crippen MR) is 39.8 cm³/mol. The second-order valence-electron chi connectivity index (χ2n) is 2.06. The highest BCUT2D eigenvalue weighted by atomic mass is 16.6. The number of nitro groups is 1. The normalized spacial score (nSPS) is 9.27. The zero-order valence-corrected chi connectivity index (χ0v) is 6.74. The zero-order chi connectivity index (χ0) is 8.85. The Morgan fingerprint density at radius 3 is 2.18 bits per heavy atom. The topological polar surface area (TPSA) is 63.5 Å². The quantitative estimate of drug-likeness (QED) is 0.433. The van der Waals surface area contributed by atoms with Crippen molar-refractivity contribution in [2.45, 2.75) is 13.8 Å². The van der Waals surface area contributed by atoms with Crippen molar-refractivity contribution in [1.82, 2.24) is 4.90 Å². The first kappa shape index (κ1) is 9.87. The summed E-state index contributed by atoms with van der Waals surface area (Å²) < 4.78 is 0. The number of hydrogen-bond donors (Lipinski definition) is 0. The third-order valence-electron chi connectivity index (χ3n) is 1.38. The van der Waals surface area contributed by atoms with Crippen molar-refractivity contribution >= 4 is 5.91 Å². The molecular formula is C6H12N2O3. The summed E-state index contributed by atoms with van der Waals surface area (Å²) in [5.74, 6) is -0.417. The molecule has 0 aliphatic rings. The van der Waals surface area contributed by atoms with Crippen molar-refractivity contribution in [3.8, 4) is 0 Å². The molecule has 5 heteroatoms. The van der Waals surface area contributed by atoms with Crippen molar-refractivity contribution in [2.24, 2.45) is 0 Å². The molecule has 0 heterocycles. The summed E-state index contributed by atoms with van der Waals surface area (Å²) in [6.07, 6.45) is 0. The van der Waals surface area contributed by atoms with E-state index in [2.05, 4.69) is 0 Å². The summed E-state index contributed by atoms with van der Waals surface area (Å²) >= 11 is 0. The highest BCUT2D eigenvalue weighted by Crippen LogP contribution is 1.88. The van der Waals surface area contributed by atoms with Crippen LogP contribution in [0, 0.1) is 10.1 Å². The van der Waals surface area contributed by atoms with Crippen LogP contribution in [0.25, 0.3) is 0 Å². The molecule has 0 aliphatic heterocycles. The van der Waals surface area contributed by atoms with Gasteiger partial charge in [-0.05, 0) is 13.8 Å². The number of rotatable bonds is 4. The fraction of sp³-hybridized carbons (Fsp3) is 0.833. The second kappa shape index (κ2) is 4.65. The fourth-order valence-corrected chi connectivity index (χ4v) is 0.787. The summed E-state index contributed by atoms with van der Waals surface area (Å²) in [6, 6.07) is 0. The zero-order valence-electron chi connectivity index (χ0n) is 6.74. The molecule has 0 bridgehead atoms. The van der Waals surface area contributed by atoms with Crippen LogP contribution in [0.3, 0.4) is 0 Å². The average molecular weight is 160 g/mol. The highest BCUT2D eigenvalue weighted by Gasteiger charge is 2.14. The molecule has 0 N–H and O–H groups in total. The molecule has 0 saturated heterocycles. The van der Waals surface area contributed by atoms with Gasteiger partial charge in [-0.3, -0.25) is 14.9 Å². The van der Waals surface area contributed by atoms with Crippen LogP contribution in [-0.4, -0.2) is 35.4 Å². The molecule has 0 fully saturated rings. The lowest BCUT2D eigenvalue weighted by Gasteiger charge is -2.15. The summed E-state index contributed by atoms with van der Waals surface area (Å²) in [5, 5.41) is 9.90. The second-order valence-corrected chi connectivity index (χ2v) is 2.06. The Morgan fingerprint density at radius 2 is 1.91 bits per heavy atom. The number of nitrogens with zero attached hydrogens (tertiary/aromatic N) is 2. The minimum atomic E-state index is -0.610. The Morgan fingerprint density at radius 1 is 1.45 bits per heavy atom. The largest absolute Gasteiger partial charge is 0.338 e. The van der Waals surface area contributed by atoms with E-state index in [1.165, 1.54) is 4.90 Å². The van der Waals surface area contributed by atoms with Crippen molar-refractivity contribution < 1.29 is 9.72 Å². The first-order valence-corrected chi connectivity index (χ1v) is 3.51. The molecule has 0 rings (SSSR count). The van der Waals surface area contributed by atoms with Crippen LogP contribution >= 0.6 is 0 Å². The van der Waals surface area contributed by atoms with Crippen LogP contribution in [0.4, 0.5) is 0 Å². The fourth-order valence-electron chi connectivity index (χ4n) is 0.787. The summed E-state index contributed by atoms with van der Waals surface area (Å²) in [6.45, 7) is 4.05. The number of carbonyl (C=O) groups is 1. The summed E-state index contributed by atoms with van der Waals surface area (Å²) in [4.78, 5) is 21.6. The molecule has 0 aromatic rings. The molecular weight excluding hydrogens is 148 g/mol. The van der Waals surface area contributed by atoms with Gasteiger partial charge in [-0.25, -0.2) is 0 Å². The van der Waals surface area contributed by atoms with Crippen molar-refractivity contribution in [3.63, 3.8) is 0 Å². The van der Waals surface area contributed by atoms with Gasteiger partial charge in [-0.2, -0.15) is 0 Å². The van der Waals surface area contributed by atoms with Gasteiger partial charge >= 0.3 is 0 Å². The van der Waals surface area contributed by atoms with E-state index in [0.29, 0.717) is 13.1 Å². The first-order valence-electron chi connectivity index (χ1n) is 3.51. The SMILES string of the molecule is CCN(CC)C(=O)C[N+](=O)[O-]. The van der Waals surface area contributed by atoms with Crippen molar-refractivity contribution in [3.05, 3.63) is 10.1 Å². The maximum absolute atomic E-state index is 10.9. The molecule has 0 aromatic heterocycles. The Labute approximate surface area is 65.1 Å². The summed E-state index contributed by atoms with van der Waals surface area (Å²) in [7, 11) is 0. The minimum absolute atomic E-state index is 0.417. The van der Waals surface area contributed by atoms with Crippen molar-refractivity contribution in [1.29, 1.82) is 0 Å². The van der Waals surface area contributed by atoms with E-state index in [9.17, 15) is 14.9 Å². The van der Waals surface area contributed by atoms with Gasteiger partial charge < -0.3 is 4.90 Å². The van der Waals surface area contributed by atoms with E-state index in [1.807, 2.05) is 0 Å². The maximum atomic E-state index is 10.9. The molecule has 0 spiro atoms. The van der Waals surface area contributed by atoms with E-state index in [-0.39, 0.29) is 0 Å². The molecule has 0 radical (unpaired) electrons. The number of carbonyl (C=O) groups excluding carboxylic acids is 1. The predicted octanol–water partition coefficient (Wildman–Crippen LogP) is 0.131. The molecule has 0 aromatic carbocycles. The van der Waals surface area contributed by atoms with E-state index >= 15 is 0 Å². The van der Waals surface area contributed by atoms with Crippen molar-refractivity contribution in [2.75, 3.05) is 19.6 Å². The molecule has 0 aliphatic carbocycles. The molecule has 0 unspecified atom stereocenters. The lowest BCUT2D eigenvalue weighted by atomic mass is 10.4. The van der Waals surface area contributed by atoms with Crippen LogP contribution in [0.5, 0.6) is 0 Å². The third kappa shape index (κ3) is 3.54. The number of likely N-dealkylation sites (N-methyl/N-ethyl adjacent to an activating group) is 1. The minimum Gasteiger partial charge on any atom is -0.338 e. The maximum Gasteiger partial charge on any atom is 0.294 e. The average Bonchev–Trinajstić information content (AvgIpc) is 1.88. The molecule has 0 atom stereocenters. The Kier molecular flexibility index (Phi) is 4.17. The van der Waals surface area contributed by atoms with E-state index in [1.54, 1.807) is 13.8 Å². The van der Waals surface area contributed by atoms with Crippen LogP contribution in [0.15, 0.2) is 0 Å². The van der Waals surface area contributed by atoms with Crippen LogP contribution in [0.1, 0.15) is 13.8 Å². The van der Waals surface area contributed by atoms with Gasteiger partial charge in [0.05, 0.1) is 0 Å². The Bertz CT molecular complexity index is 154. The molecule has 0 saturated carbocycles. The lowest BCUT2D eigenvalue weighted by Crippen LogP contribution is -2.35. The third-order valence-corrected chi connectivity index (χ3v) is 1.38. The molecule has 11 heavy (non-hydrogen) atoms. The summed E-state index contributed by atoms with van der Waals surface area (Å²) in [5.41, 5.74) is 0. The van der Waals surface area contributed by atoms with Gasteiger partial charge in [0.2, 0.25) is 0 Å². The standard InChI is InChI=1S/C6H12N2O3/c1-3-7(4-2)6(9)5-8(10)11/h3-5H2,1-2H3. The smallest absolute Gasteiger partial charge is 0.294 e. The molecule has 64 valence electrons. The van der Waals surface area contributed by atoms with Gasteiger partial charge in [-0.1, -0.05) is 0 Å². The van der Waals surface area contributed by atoms with E-state index in [4.69, 9.17) is 0 Å². The first-order chi connectivity index (χ1) is 5.11. The van der Waals surface area contributed by atoms with E-state index in [0.717, 1.165) is 0 Å².